The lowest BCUT2D eigenvalue weighted by molar-refractivity contribution is -0.140. The van der Waals surface area contributed by atoms with Crippen LogP contribution in [0.3, 0.4) is 0 Å². The Kier molecular flexibility index (Phi) is 4.04. The van der Waals surface area contributed by atoms with Crippen molar-refractivity contribution in [3.05, 3.63) is 41.5 Å². The first kappa shape index (κ1) is 15.5. The molecule has 114 valence electrons. The standard InChI is InChI=1S/C14H14F4N2O/c1-8(2)20-6-12(14(16,17)18)19-13(20)9-3-4-10(7-21)11(15)5-9/h3-6,8,21H,7H2,1-2H3. The minimum Gasteiger partial charge on any atom is -0.392 e. The molecule has 1 aromatic carbocycles. The highest BCUT2D eigenvalue weighted by Gasteiger charge is 2.35. The molecule has 0 spiro atoms. The molecule has 2 aromatic rings. The van der Waals surface area contributed by atoms with Crippen molar-refractivity contribution in [3.63, 3.8) is 0 Å². The zero-order chi connectivity index (χ0) is 15.8. The van der Waals surface area contributed by atoms with Crippen molar-refractivity contribution in [3.8, 4) is 11.4 Å². The predicted octanol–water partition coefficient (Wildman–Crippen LogP) is 3.78. The van der Waals surface area contributed by atoms with E-state index in [1.165, 1.54) is 16.7 Å². The number of alkyl halides is 3. The van der Waals surface area contributed by atoms with E-state index in [0.717, 1.165) is 12.3 Å². The summed E-state index contributed by atoms with van der Waals surface area (Å²) in [5.41, 5.74) is -0.704. The van der Waals surface area contributed by atoms with Gasteiger partial charge in [0.05, 0.1) is 6.61 Å². The maximum Gasteiger partial charge on any atom is 0.434 e. The summed E-state index contributed by atoms with van der Waals surface area (Å²) < 4.78 is 53.4. The van der Waals surface area contributed by atoms with Gasteiger partial charge in [0, 0.05) is 23.4 Å². The van der Waals surface area contributed by atoms with Crippen LogP contribution in [-0.4, -0.2) is 14.7 Å². The van der Waals surface area contributed by atoms with Crippen molar-refractivity contribution < 1.29 is 22.7 Å². The van der Waals surface area contributed by atoms with Crippen molar-refractivity contribution >= 4 is 0 Å². The van der Waals surface area contributed by atoms with E-state index >= 15 is 0 Å². The molecule has 3 nitrogen and oxygen atoms in total. The van der Waals surface area contributed by atoms with E-state index < -0.39 is 24.3 Å². The van der Waals surface area contributed by atoms with Crippen LogP contribution in [-0.2, 0) is 12.8 Å². The summed E-state index contributed by atoms with van der Waals surface area (Å²) in [4.78, 5) is 3.58. The average Bonchev–Trinajstić information content (AvgIpc) is 2.83. The molecule has 1 aromatic heterocycles. The lowest BCUT2D eigenvalue weighted by atomic mass is 10.1. The lowest BCUT2D eigenvalue weighted by Crippen LogP contribution is -2.05. The Balaban J connectivity index is 2.57. The summed E-state index contributed by atoms with van der Waals surface area (Å²) in [5.74, 6) is -0.637. The molecule has 0 aliphatic heterocycles. The number of imidazole rings is 1. The molecule has 2 rings (SSSR count). The van der Waals surface area contributed by atoms with Gasteiger partial charge in [0.25, 0.3) is 0 Å². The number of benzene rings is 1. The van der Waals surface area contributed by atoms with Crippen LogP contribution < -0.4 is 0 Å². The van der Waals surface area contributed by atoms with E-state index in [9.17, 15) is 17.6 Å². The third kappa shape index (κ3) is 3.07. The van der Waals surface area contributed by atoms with E-state index in [1.54, 1.807) is 13.8 Å². The third-order valence-electron chi connectivity index (χ3n) is 3.06. The molecule has 0 bridgehead atoms. The molecule has 1 N–H and O–H groups in total. The number of hydrogen-bond donors (Lipinski definition) is 1. The second-order valence-electron chi connectivity index (χ2n) is 4.91. The number of halogens is 4. The van der Waals surface area contributed by atoms with Gasteiger partial charge in [-0.3, -0.25) is 0 Å². The van der Waals surface area contributed by atoms with Crippen LogP contribution >= 0.6 is 0 Å². The van der Waals surface area contributed by atoms with E-state index in [-0.39, 0.29) is 23.0 Å². The molecular weight excluding hydrogens is 288 g/mol. The van der Waals surface area contributed by atoms with E-state index in [1.807, 2.05) is 0 Å². The molecule has 0 unspecified atom stereocenters. The maximum atomic E-state index is 13.7. The van der Waals surface area contributed by atoms with E-state index in [0.29, 0.717) is 0 Å². The summed E-state index contributed by atoms with van der Waals surface area (Å²) in [6.45, 7) is 2.95. The molecular formula is C14H14F4N2O. The number of aliphatic hydroxyl groups is 1. The van der Waals surface area contributed by atoms with Gasteiger partial charge in [0.15, 0.2) is 5.69 Å². The van der Waals surface area contributed by atoms with Crippen LogP contribution in [0.4, 0.5) is 17.6 Å². The highest BCUT2D eigenvalue weighted by Crippen LogP contribution is 2.32. The summed E-state index contributed by atoms with van der Waals surface area (Å²) in [5, 5.41) is 8.92. The summed E-state index contributed by atoms with van der Waals surface area (Å²) in [7, 11) is 0. The van der Waals surface area contributed by atoms with Crippen LogP contribution in [0.2, 0.25) is 0 Å². The Morgan fingerprint density at radius 1 is 1.29 bits per heavy atom. The summed E-state index contributed by atoms with van der Waals surface area (Å²) >= 11 is 0. The molecule has 0 fully saturated rings. The number of aliphatic hydroxyl groups excluding tert-OH is 1. The van der Waals surface area contributed by atoms with Crippen LogP contribution in [0.1, 0.15) is 31.1 Å². The zero-order valence-corrected chi connectivity index (χ0v) is 11.4. The Hall–Kier alpha value is -1.89. The number of aromatic nitrogens is 2. The van der Waals surface area contributed by atoms with E-state index in [2.05, 4.69) is 4.98 Å². The van der Waals surface area contributed by atoms with Crippen molar-refractivity contribution in [2.45, 2.75) is 32.7 Å². The molecule has 0 atom stereocenters. The molecule has 21 heavy (non-hydrogen) atoms. The topological polar surface area (TPSA) is 38.0 Å². The maximum absolute atomic E-state index is 13.7. The fraction of sp³-hybridized carbons (Fsp3) is 0.357. The minimum atomic E-state index is -4.56. The van der Waals surface area contributed by atoms with Gasteiger partial charge in [-0.1, -0.05) is 12.1 Å². The molecule has 0 saturated carbocycles. The van der Waals surface area contributed by atoms with Crippen molar-refractivity contribution in [1.82, 2.24) is 9.55 Å². The third-order valence-corrected chi connectivity index (χ3v) is 3.06. The van der Waals surface area contributed by atoms with Crippen molar-refractivity contribution in [1.29, 1.82) is 0 Å². The first-order valence-corrected chi connectivity index (χ1v) is 6.29. The van der Waals surface area contributed by atoms with Crippen molar-refractivity contribution in [2.24, 2.45) is 0 Å². The lowest BCUT2D eigenvalue weighted by Gasteiger charge is -2.11. The van der Waals surface area contributed by atoms with Crippen LogP contribution in [0.15, 0.2) is 24.4 Å². The fourth-order valence-corrected chi connectivity index (χ4v) is 1.95. The van der Waals surface area contributed by atoms with Crippen molar-refractivity contribution in [2.75, 3.05) is 0 Å². The van der Waals surface area contributed by atoms with Gasteiger partial charge < -0.3 is 9.67 Å². The highest BCUT2D eigenvalue weighted by molar-refractivity contribution is 5.57. The zero-order valence-electron chi connectivity index (χ0n) is 11.4. The SMILES string of the molecule is CC(C)n1cc(C(F)(F)F)nc1-c1ccc(CO)c(F)c1. The van der Waals surface area contributed by atoms with Gasteiger partial charge in [0.2, 0.25) is 0 Å². The van der Waals surface area contributed by atoms with Gasteiger partial charge in [-0.05, 0) is 19.9 Å². The quantitative estimate of drug-likeness (QED) is 0.876. The average molecular weight is 302 g/mol. The van der Waals surface area contributed by atoms with Gasteiger partial charge in [0.1, 0.15) is 11.6 Å². The van der Waals surface area contributed by atoms with Gasteiger partial charge in [-0.2, -0.15) is 13.2 Å². The van der Waals surface area contributed by atoms with Gasteiger partial charge in [-0.25, -0.2) is 9.37 Å². The normalized spacial score (nSPS) is 12.2. The van der Waals surface area contributed by atoms with Crippen LogP contribution in [0.25, 0.3) is 11.4 Å². The number of rotatable bonds is 3. The molecule has 0 aliphatic rings. The van der Waals surface area contributed by atoms with E-state index in [4.69, 9.17) is 5.11 Å². The molecule has 0 radical (unpaired) electrons. The monoisotopic (exact) mass is 302 g/mol. The summed E-state index contributed by atoms with van der Waals surface area (Å²) in [6, 6.07) is 3.59. The number of hydrogen-bond acceptors (Lipinski definition) is 2. The fourth-order valence-electron chi connectivity index (χ4n) is 1.95. The minimum absolute atomic E-state index is 0.0423. The Labute approximate surface area is 118 Å². The van der Waals surface area contributed by atoms with Gasteiger partial charge >= 0.3 is 6.18 Å². The second-order valence-corrected chi connectivity index (χ2v) is 4.91. The molecule has 0 saturated heterocycles. The molecule has 1 heterocycles. The highest BCUT2D eigenvalue weighted by atomic mass is 19.4. The molecule has 0 amide bonds. The smallest absolute Gasteiger partial charge is 0.392 e. The molecule has 7 heteroatoms. The first-order chi connectivity index (χ1) is 9.74. The largest absolute Gasteiger partial charge is 0.434 e. The second kappa shape index (κ2) is 5.48. The molecule has 0 aliphatic carbocycles. The van der Waals surface area contributed by atoms with Crippen LogP contribution in [0, 0.1) is 5.82 Å². The predicted molar refractivity (Wildman–Crippen MR) is 68.9 cm³/mol. The number of nitrogens with zero attached hydrogens (tertiary/aromatic N) is 2. The van der Waals surface area contributed by atoms with Crippen LogP contribution in [0.5, 0.6) is 0 Å². The Bertz CT molecular complexity index is 647. The Morgan fingerprint density at radius 3 is 2.43 bits per heavy atom. The van der Waals surface area contributed by atoms with Gasteiger partial charge in [-0.15, -0.1) is 0 Å². The Morgan fingerprint density at radius 2 is 1.95 bits per heavy atom. The first-order valence-electron chi connectivity index (χ1n) is 6.29. The summed E-state index contributed by atoms with van der Waals surface area (Å²) in [6.07, 6.45) is -3.64.